The van der Waals surface area contributed by atoms with Crippen molar-refractivity contribution in [3.8, 4) is 0 Å². The number of hydrogen-bond donors (Lipinski definition) is 1. The first-order valence-corrected chi connectivity index (χ1v) is 4.08. The van der Waals surface area contributed by atoms with Gasteiger partial charge < -0.3 is 14.6 Å². The number of ether oxygens (including phenoxy) is 2. The Labute approximate surface area is 78.2 Å². The van der Waals surface area contributed by atoms with Crippen LogP contribution in [0.3, 0.4) is 0 Å². The van der Waals surface area contributed by atoms with E-state index in [0.717, 1.165) is 0 Å². The van der Waals surface area contributed by atoms with E-state index in [1.54, 1.807) is 19.9 Å². The minimum atomic E-state index is -0.751. The third kappa shape index (κ3) is 5.38. The first-order chi connectivity index (χ1) is 6.11. The van der Waals surface area contributed by atoms with Crippen LogP contribution < -0.4 is 0 Å². The summed E-state index contributed by atoms with van der Waals surface area (Å²) in [5.74, 6) is -0.405. The molecule has 4 heteroatoms. The maximum absolute atomic E-state index is 11.0. The summed E-state index contributed by atoms with van der Waals surface area (Å²) in [5.41, 5.74) is 0.532. The van der Waals surface area contributed by atoms with E-state index in [-0.39, 0.29) is 13.2 Å². The summed E-state index contributed by atoms with van der Waals surface area (Å²) in [5, 5.41) is 9.13. The van der Waals surface area contributed by atoms with Crippen LogP contribution in [0.1, 0.15) is 13.8 Å². The molecule has 0 saturated heterocycles. The zero-order valence-electron chi connectivity index (χ0n) is 8.24. The van der Waals surface area contributed by atoms with E-state index >= 15 is 0 Å². The number of methoxy groups -OCH3 is 1. The van der Waals surface area contributed by atoms with Gasteiger partial charge in [0.15, 0.2) is 0 Å². The Hall–Kier alpha value is -0.870. The zero-order valence-corrected chi connectivity index (χ0v) is 8.24. The van der Waals surface area contributed by atoms with Crippen LogP contribution in [0.5, 0.6) is 0 Å². The molecule has 0 amide bonds. The Balaban J connectivity index is 3.70. The van der Waals surface area contributed by atoms with Crippen molar-refractivity contribution in [1.29, 1.82) is 0 Å². The van der Waals surface area contributed by atoms with Gasteiger partial charge in [-0.1, -0.05) is 6.08 Å². The minimum absolute atomic E-state index is 0.0299. The Morgan fingerprint density at radius 3 is 2.62 bits per heavy atom. The first kappa shape index (κ1) is 12.1. The normalized spacial score (nSPS) is 14.0. The van der Waals surface area contributed by atoms with Gasteiger partial charge in [0.25, 0.3) is 0 Å². The Morgan fingerprint density at radius 1 is 1.54 bits per heavy atom. The first-order valence-electron chi connectivity index (χ1n) is 4.08. The highest BCUT2D eigenvalue weighted by molar-refractivity contribution is 5.87. The Morgan fingerprint density at radius 2 is 2.15 bits per heavy atom. The largest absolute Gasteiger partial charge is 0.459 e. The van der Waals surface area contributed by atoms with Gasteiger partial charge in [0.2, 0.25) is 0 Å². The van der Waals surface area contributed by atoms with Crippen molar-refractivity contribution in [2.75, 3.05) is 20.3 Å². The predicted molar refractivity (Wildman–Crippen MR) is 48.3 cm³/mol. The maximum atomic E-state index is 11.0. The molecule has 0 aliphatic rings. The van der Waals surface area contributed by atoms with Gasteiger partial charge in [0, 0.05) is 12.7 Å². The van der Waals surface area contributed by atoms with E-state index in [0.29, 0.717) is 5.57 Å². The van der Waals surface area contributed by atoms with Crippen molar-refractivity contribution in [3.63, 3.8) is 0 Å². The molecule has 0 aliphatic carbocycles. The van der Waals surface area contributed by atoms with E-state index in [4.69, 9.17) is 9.84 Å². The SMILES string of the molecule is CC=C(C)C(=O)OCC(O)COC. The highest BCUT2D eigenvalue weighted by Crippen LogP contribution is 1.97. The molecule has 0 aromatic carbocycles. The third-order valence-corrected chi connectivity index (χ3v) is 1.52. The van der Waals surface area contributed by atoms with Crippen LogP contribution in [0.2, 0.25) is 0 Å². The van der Waals surface area contributed by atoms with Crippen LogP contribution in [0.4, 0.5) is 0 Å². The van der Waals surface area contributed by atoms with Crippen LogP contribution in [-0.4, -0.2) is 37.5 Å². The molecule has 0 aromatic rings. The molecule has 1 N–H and O–H groups in total. The molecular formula is C9H16O4. The smallest absolute Gasteiger partial charge is 0.333 e. The van der Waals surface area contributed by atoms with Crippen molar-refractivity contribution >= 4 is 5.97 Å². The minimum Gasteiger partial charge on any atom is -0.459 e. The van der Waals surface area contributed by atoms with E-state index in [1.807, 2.05) is 0 Å². The average molecular weight is 188 g/mol. The van der Waals surface area contributed by atoms with Gasteiger partial charge >= 0.3 is 5.97 Å². The Bertz CT molecular complexity index is 186. The lowest BCUT2D eigenvalue weighted by Crippen LogP contribution is -2.23. The van der Waals surface area contributed by atoms with Crippen molar-refractivity contribution < 1.29 is 19.4 Å². The lowest BCUT2D eigenvalue weighted by Gasteiger charge is -2.09. The standard InChI is InChI=1S/C9H16O4/c1-4-7(2)9(11)13-6-8(10)5-12-3/h4,8,10H,5-6H2,1-3H3. The molecule has 0 fully saturated rings. The van der Waals surface area contributed by atoms with Crippen LogP contribution >= 0.6 is 0 Å². The quantitative estimate of drug-likeness (QED) is 0.504. The van der Waals surface area contributed by atoms with Gasteiger partial charge in [-0.25, -0.2) is 4.79 Å². The number of carbonyl (C=O) groups excluding carboxylic acids is 1. The zero-order chi connectivity index (χ0) is 10.3. The van der Waals surface area contributed by atoms with Crippen LogP contribution in [0, 0.1) is 0 Å². The van der Waals surface area contributed by atoms with Crippen LogP contribution in [0.15, 0.2) is 11.6 Å². The van der Waals surface area contributed by atoms with E-state index in [2.05, 4.69) is 4.74 Å². The fraction of sp³-hybridized carbons (Fsp3) is 0.667. The number of aliphatic hydroxyl groups excluding tert-OH is 1. The lowest BCUT2D eigenvalue weighted by molar-refractivity contribution is -0.142. The molecule has 0 rings (SSSR count). The number of allylic oxidation sites excluding steroid dienone is 1. The molecule has 13 heavy (non-hydrogen) atoms. The molecule has 0 bridgehead atoms. The second-order valence-electron chi connectivity index (χ2n) is 2.68. The van der Waals surface area contributed by atoms with Crippen LogP contribution in [0.25, 0.3) is 0 Å². The molecule has 0 heterocycles. The average Bonchev–Trinajstić information content (AvgIpc) is 2.13. The highest BCUT2D eigenvalue weighted by Gasteiger charge is 2.08. The number of aliphatic hydroxyl groups is 1. The van der Waals surface area contributed by atoms with Gasteiger partial charge in [-0.05, 0) is 13.8 Å². The molecule has 0 aromatic heterocycles. The van der Waals surface area contributed by atoms with E-state index in [1.165, 1.54) is 7.11 Å². The Kier molecular flexibility index (Phi) is 6.18. The van der Waals surface area contributed by atoms with E-state index < -0.39 is 12.1 Å². The number of carbonyl (C=O) groups is 1. The lowest BCUT2D eigenvalue weighted by atomic mass is 10.3. The number of rotatable bonds is 5. The van der Waals surface area contributed by atoms with E-state index in [9.17, 15) is 4.79 Å². The molecule has 0 spiro atoms. The molecule has 0 saturated carbocycles. The summed E-state index contributed by atoms with van der Waals surface area (Å²) in [6, 6.07) is 0. The monoisotopic (exact) mass is 188 g/mol. The molecular weight excluding hydrogens is 172 g/mol. The number of esters is 1. The maximum Gasteiger partial charge on any atom is 0.333 e. The van der Waals surface area contributed by atoms with Gasteiger partial charge in [0.1, 0.15) is 12.7 Å². The molecule has 1 atom stereocenters. The highest BCUT2D eigenvalue weighted by atomic mass is 16.5. The number of hydrogen-bond acceptors (Lipinski definition) is 4. The predicted octanol–water partition coefficient (Wildman–Crippen LogP) is 0.503. The van der Waals surface area contributed by atoms with Gasteiger partial charge in [0.05, 0.1) is 6.61 Å². The summed E-state index contributed by atoms with van der Waals surface area (Å²) in [6.07, 6.45) is 0.906. The van der Waals surface area contributed by atoms with Gasteiger partial charge in [-0.2, -0.15) is 0 Å². The summed E-state index contributed by atoms with van der Waals surface area (Å²) < 4.78 is 9.44. The molecule has 76 valence electrons. The topological polar surface area (TPSA) is 55.8 Å². The summed E-state index contributed by atoms with van der Waals surface area (Å²) >= 11 is 0. The molecule has 4 nitrogen and oxygen atoms in total. The van der Waals surface area contributed by atoms with Crippen molar-refractivity contribution in [3.05, 3.63) is 11.6 Å². The summed E-state index contributed by atoms with van der Waals surface area (Å²) in [4.78, 5) is 11.0. The van der Waals surface area contributed by atoms with Crippen molar-refractivity contribution in [2.24, 2.45) is 0 Å². The molecule has 0 aliphatic heterocycles. The third-order valence-electron chi connectivity index (χ3n) is 1.52. The van der Waals surface area contributed by atoms with Crippen LogP contribution in [-0.2, 0) is 14.3 Å². The molecule has 1 unspecified atom stereocenters. The fourth-order valence-electron chi connectivity index (χ4n) is 0.644. The second-order valence-corrected chi connectivity index (χ2v) is 2.68. The van der Waals surface area contributed by atoms with Gasteiger partial charge in [-0.15, -0.1) is 0 Å². The molecule has 0 radical (unpaired) electrons. The summed E-state index contributed by atoms with van der Waals surface area (Å²) in [6.45, 7) is 3.55. The van der Waals surface area contributed by atoms with Gasteiger partial charge in [-0.3, -0.25) is 0 Å². The van der Waals surface area contributed by atoms with Crippen molar-refractivity contribution in [1.82, 2.24) is 0 Å². The van der Waals surface area contributed by atoms with Crippen molar-refractivity contribution in [2.45, 2.75) is 20.0 Å². The second kappa shape index (κ2) is 6.62. The summed E-state index contributed by atoms with van der Waals surface area (Å²) in [7, 11) is 1.47. The fourth-order valence-corrected chi connectivity index (χ4v) is 0.644.